The van der Waals surface area contributed by atoms with E-state index >= 15 is 0 Å². The Morgan fingerprint density at radius 2 is 0.500 bits per heavy atom. The minimum Gasteiger partial charge on any atom is -0.376 e. The molecule has 0 saturated heterocycles. The summed E-state index contributed by atoms with van der Waals surface area (Å²) >= 11 is 0. The molecule has 0 amide bonds. The first kappa shape index (κ1) is 60.0. The SMILES string of the molecule is CCO[SiH](OCC)OCC.FC(F)(F)C(F)(F)O[Si](OC(F)(F)C(F)(F)F)(OC(F)(F)C(F)(F)F)C(F)(F)C(F)(F)C(F)(F)C(F)(F)C(F)(F)C(F)(F)C(F)(F)C(F)(F)F. The summed E-state index contributed by atoms with van der Waals surface area (Å²) in [5, 5.41) is 0. The van der Waals surface area contributed by atoms with Crippen LogP contribution in [0.4, 0.5) is 140 Å². The highest BCUT2D eigenvalue weighted by atomic mass is 28.4. The van der Waals surface area contributed by atoms with Gasteiger partial charge >= 0.3 is 102 Å². The minimum atomic E-state index is -11.8. The van der Waals surface area contributed by atoms with Gasteiger partial charge in [-0.15, -0.1) is 0 Å². The molecule has 0 fully saturated rings. The fourth-order valence-corrected chi connectivity index (χ4v) is 6.36. The molecule has 0 radical (unpaired) electrons. The third-order valence-electron chi connectivity index (χ3n) is 5.79. The summed E-state index contributed by atoms with van der Waals surface area (Å²) in [6.07, 6.45) is -59.6. The van der Waals surface area contributed by atoms with E-state index in [0.717, 1.165) is 13.3 Å². The van der Waals surface area contributed by atoms with Gasteiger partial charge in [0, 0.05) is 19.8 Å². The van der Waals surface area contributed by atoms with Crippen LogP contribution in [0.15, 0.2) is 0 Å². The molecule has 0 heterocycles. The molecule has 0 aromatic carbocycles. The van der Waals surface area contributed by atoms with E-state index in [4.69, 9.17) is 13.3 Å². The van der Waals surface area contributed by atoms with Crippen LogP contribution in [0.3, 0.4) is 0 Å². The topological polar surface area (TPSA) is 55.4 Å². The zero-order valence-corrected chi connectivity index (χ0v) is 29.9. The number of rotatable bonds is 19. The van der Waals surface area contributed by atoms with E-state index in [1.54, 1.807) is 0 Å². The number of halogens is 32. The largest absolute Gasteiger partial charge is 0.595 e. The van der Waals surface area contributed by atoms with Crippen LogP contribution in [-0.2, 0) is 26.6 Å². The Balaban J connectivity index is 0. The van der Waals surface area contributed by atoms with Crippen molar-refractivity contribution in [3.05, 3.63) is 0 Å². The minimum absolute atomic E-state index is 0.677. The summed E-state index contributed by atoms with van der Waals surface area (Å²) < 4.78 is 440. The van der Waals surface area contributed by atoms with Crippen LogP contribution in [0.25, 0.3) is 0 Å². The number of alkyl halides is 32. The van der Waals surface area contributed by atoms with E-state index in [2.05, 4.69) is 0 Å². The Kier molecular flexibility index (Phi) is 17.9. The molecule has 0 atom stereocenters. The van der Waals surface area contributed by atoms with Crippen molar-refractivity contribution >= 4 is 18.3 Å². The van der Waals surface area contributed by atoms with Crippen molar-refractivity contribution in [3.63, 3.8) is 0 Å². The molecule has 0 saturated carbocycles. The van der Waals surface area contributed by atoms with Crippen LogP contribution in [-0.4, -0.2) is 122 Å². The second kappa shape index (κ2) is 17.8. The standard InChI is InChI=1S/C14F32O3Si.C6H16O3Si/c15-1(16,3(19,20)5(23,24)7(27,28)29)2(17,18)4(21,22)6(25,26)14(45,46)50(47-11(39,40)8(30,31)32,48-12(41,42)9(33,34)35)49-13(43,44)10(36,37)38;1-4-7-10(8-5-2)9-6-3/h;10H,4-6H2,1-3H3. The van der Waals surface area contributed by atoms with Gasteiger partial charge in [0.2, 0.25) is 0 Å². The van der Waals surface area contributed by atoms with Crippen LogP contribution >= 0.6 is 0 Å². The smallest absolute Gasteiger partial charge is 0.376 e. The van der Waals surface area contributed by atoms with Crippen molar-refractivity contribution in [3.8, 4) is 0 Å². The third-order valence-corrected chi connectivity index (χ3v) is 10.3. The van der Waals surface area contributed by atoms with Crippen molar-refractivity contribution in [2.45, 2.75) is 105 Å². The zero-order chi connectivity index (χ0) is 49.4. The monoisotopic (exact) mass is 1020 g/mol. The van der Waals surface area contributed by atoms with Gasteiger partial charge in [-0.2, -0.15) is 140 Å². The molecule has 0 aliphatic carbocycles. The van der Waals surface area contributed by atoms with Crippen molar-refractivity contribution in [1.82, 2.24) is 0 Å². The van der Waals surface area contributed by atoms with Gasteiger partial charge < -0.3 is 26.6 Å². The molecule has 0 spiro atoms. The molecule has 0 aromatic heterocycles. The lowest BCUT2D eigenvalue weighted by Gasteiger charge is -2.46. The van der Waals surface area contributed by atoms with E-state index in [1.807, 2.05) is 20.8 Å². The maximum Gasteiger partial charge on any atom is 0.595 e. The molecule has 0 bridgehead atoms. The maximum atomic E-state index is 14.7. The molecule has 364 valence electrons. The van der Waals surface area contributed by atoms with Gasteiger partial charge in [-0.05, 0) is 20.8 Å². The van der Waals surface area contributed by atoms with Crippen LogP contribution in [0, 0.1) is 0 Å². The third kappa shape index (κ3) is 11.0. The van der Waals surface area contributed by atoms with Gasteiger partial charge in [-0.25, -0.2) is 0 Å². The van der Waals surface area contributed by atoms with Gasteiger partial charge in [-0.3, -0.25) is 0 Å². The predicted molar refractivity (Wildman–Crippen MR) is 125 cm³/mol. The molecule has 60 heavy (non-hydrogen) atoms. The highest BCUT2D eigenvalue weighted by Crippen LogP contribution is 2.66. The van der Waals surface area contributed by atoms with Gasteiger partial charge in [0.05, 0.1) is 0 Å². The van der Waals surface area contributed by atoms with Crippen LogP contribution < -0.4 is 0 Å². The fourth-order valence-electron chi connectivity index (χ4n) is 2.84. The van der Waals surface area contributed by atoms with Crippen molar-refractivity contribution in [2.75, 3.05) is 19.8 Å². The summed E-state index contributed by atoms with van der Waals surface area (Å²) in [5.41, 5.74) is -10.0. The van der Waals surface area contributed by atoms with Crippen molar-refractivity contribution < 1.29 is 167 Å². The quantitative estimate of drug-likeness (QED) is 0.0949. The molecule has 0 aromatic rings. The van der Waals surface area contributed by atoms with Crippen LogP contribution in [0.1, 0.15) is 20.8 Å². The van der Waals surface area contributed by atoms with E-state index < -0.39 is 102 Å². The molecule has 0 aliphatic heterocycles. The lowest BCUT2D eigenvalue weighted by atomic mass is 9.91. The number of hydrogen-bond donors (Lipinski definition) is 0. The first-order valence-corrected chi connectivity index (χ1v) is 16.9. The first-order chi connectivity index (χ1) is 25.7. The van der Waals surface area contributed by atoms with Crippen molar-refractivity contribution in [1.29, 1.82) is 0 Å². The predicted octanol–water partition coefficient (Wildman–Crippen LogP) is 10.8. The average molecular weight is 1020 g/mol. The van der Waals surface area contributed by atoms with Gasteiger partial charge in [0.15, 0.2) is 0 Å². The molecular weight excluding hydrogens is 1000 g/mol. The molecule has 0 rings (SSSR count). The van der Waals surface area contributed by atoms with E-state index in [0.29, 0.717) is 19.8 Å². The summed E-state index contributed by atoms with van der Waals surface area (Å²) in [7, 11) is -13.6. The Labute approximate surface area is 311 Å². The zero-order valence-electron chi connectivity index (χ0n) is 27.7. The number of hydrogen-bond acceptors (Lipinski definition) is 6. The Morgan fingerprint density at radius 1 is 0.300 bits per heavy atom. The second-order valence-electron chi connectivity index (χ2n) is 10.1. The Morgan fingerprint density at radius 3 is 0.683 bits per heavy atom. The van der Waals surface area contributed by atoms with Crippen LogP contribution in [0.5, 0.6) is 0 Å². The molecule has 0 unspecified atom stereocenters. The molecule has 40 heteroatoms. The Bertz CT molecular complexity index is 1290. The summed E-state index contributed by atoms with van der Waals surface area (Å²) in [5.74, 6) is -58.5. The average Bonchev–Trinajstić information content (AvgIpc) is 2.98. The molecular formula is C20H16F32O6Si2. The van der Waals surface area contributed by atoms with E-state index in [1.165, 1.54) is 0 Å². The van der Waals surface area contributed by atoms with E-state index in [-0.39, 0.29) is 0 Å². The molecule has 0 N–H and O–H groups in total. The fraction of sp³-hybridized carbons (Fsp3) is 1.00. The lowest BCUT2D eigenvalue weighted by molar-refractivity contribution is -0.465. The summed E-state index contributed by atoms with van der Waals surface area (Å²) in [6.45, 7) is 7.86. The normalized spacial score (nSPS) is 16.0. The summed E-state index contributed by atoms with van der Waals surface area (Å²) in [4.78, 5) is 0. The van der Waals surface area contributed by atoms with Gasteiger partial charge in [-0.1, -0.05) is 0 Å². The van der Waals surface area contributed by atoms with Gasteiger partial charge in [0.25, 0.3) is 0 Å². The summed E-state index contributed by atoms with van der Waals surface area (Å²) in [6, 6.07) is 0. The highest BCUT2D eigenvalue weighted by Gasteiger charge is 2.99. The maximum absolute atomic E-state index is 14.7. The molecule has 0 aliphatic rings. The molecule has 6 nitrogen and oxygen atoms in total. The first-order valence-electron chi connectivity index (χ1n) is 13.7. The lowest BCUT2D eigenvalue weighted by Crippen LogP contribution is -2.81. The highest BCUT2D eigenvalue weighted by molar-refractivity contribution is 6.64. The van der Waals surface area contributed by atoms with Gasteiger partial charge in [0.1, 0.15) is 0 Å². The van der Waals surface area contributed by atoms with Crippen molar-refractivity contribution in [2.24, 2.45) is 0 Å². The van der Waals surface area contributed by atoms with Crippen LogP contribution in [0.2, 0.25) is 0 Å². The van der Waals surface area contributed by atoms with E-state index in [9.17, 15) is 140 Å². The Hall–Kier alpha value is -2.05. The second-order valence-corrected chi connectivity index (χ2v) is 14.0.